The summed E-state index contributed by atoms with van der Waals surface area (Å²) in [5.74, 6) is 0.607. The third-order valence-electron chi connectivity index (χ3n) is 3.53. The summed E-state index contributed by atoms with van der Waals surface area (Å²) >= 11 is 1.34. The van der Waals surface area contributed by atoms with Gasteiger partial charge in [0.05, 0.1) is 22.2 Å². The molecule has 0 saturated carbocycles. The summed E-state index contributed by atoms with van der Waals surface area (Å²) in [7, 11) is -2.13. The van der Waals surface area contributed by atoms with Crippen LogP contribution in [0.15, 0.2) is 41.3 Å². The Morgan fingerprint density at radius 3 is 2.30 bits per heavy atom. The molecule has 1 aromatic heterocycles. The summed E-state index contributed by atoms with van der Waals surface area (Å²) in [4.78, 5) is 4.59. The Balaban J connectivity index is 1.96. The van der Waals surface area contributed by atoms with Gasteiger partial charge in [0.1, 0.15) is 5.75 Å². The van der Waals surface area contributed by atoms with E-state index in [4.69, 9.17) is 4.74 Å². The zero-order chi connectivity index (χ0) is 16.6. The summed E-state index contributed by atoms with van der Waals surface area (Å²) in [5, 5.41) is 0.369. The van der Waals surface area contributed by atoms with Crippen LogP contribution in [0.1, 0.15) is 11.1 Å². The van der Waals surface area contributed by atoms with Crippen LogP contribution in [-0.4, -0.2) is 20.5 Å². The molecular formula is C16H16N2O3S2. The molecule has 5 nitrogen and oxygen atoms in total. The highest BCUT2D eigenvalue weighted by molar-refractivity contribution is 7.93. The van der Waals surface area contributed by atoms with Crippen molar-refractivity contribution in [2.75, 3.05) is 11.8 Å². The molecule has 0 bridgehead atoms. The fourth-order valence-electron chi connectivity index (χ4n) is 2.23. The predicted octanol–water partition coefficient (Wildman–Crippen LogP) is 3.72. The summed E-state index contributed by atoms with van der Waals surface area (Å²) in [5.41, 5.74) is 2.94. The van der Waals surface area contributed by atoms with E-state index in [1.165, 1.54) is 30.6 Å². The maximum atomic E-state index is 12.5. The van der Waals surface area contributed by atoms with Crippen LogP contribution in [0.4, 0.5) is 5.13 Å². The van der Waals surface area contributed by atoms with Crippen molar-refractivity contribution >= 4 is 36.7 Å². The first-order chi connectivity index (χ1) is 10.9. The SMILES string of the molecule is COc1ccc(S(=O)(=O)Nc2nc3c(C)ccc(C)c3s2)cc1. The molecule has 0 amide bonds. The Bertz CT molecular complexity index is 922. The van der Waals surface area contributed by atoms with E-state index in [1.807, 2.05) is 26.0 Å². The van der Waals surface area contributed by atoms with Gasteiger partial charge >= 0.3 is 0 Å². The zero-order valence-corrected chi connectivity index (χ0v) is 14.6. The molecule has 0 unspecified atom stereocenters. The normalized spacial score (nSPS) is 11.6. The Kier molecular flexibility index (Phi) is 3.99. The minimum atomic E-state index is -3.67. The van der Waals surface area contributed by atoms with Crippen LogP contribution in [0.25, 0.3) is 10.2 Å². The van der Waals surface area contributed by atoms with Crippen LogP contribution in [0.3, 0.4) is 0 Å². The van der Waals surface area contributed by atoms with E-state index in [0.717, 1.165) is 21.3 Å². The Labute approximate surface area is 139 Å². The number of hydrogen-bond acceptors (Lipinski definition) is 5. The highest BCUT2D eigenvalue weighted by Crippen LogP contribution is 2.32. The number of nitrogens with zero attached hydrogens (tertiary/aromatic N) is 1. The number of aromatic nitrogens is 1. The van der Waals surface area contributed by atoms with Crippen LogP contribution in [0.5, 0.6) is 5.75 Å². The molecule has 0 spiro atoms. The fraction of sp³-hybridized carbons (Fsp3) is 0.188. The van der Waals surface area contributed by atoms with Gasteiger partial charge in [-0.25, -0.2) is 13.4 Å². The van der Waals surface area contributed by atoms with Gasteiger partial charge in [0.25, 0.3) is 10.0 Å². The van der Waals surface area contributed by atoms with E-state index in [1.54, 1.807) is 12.1 Å². The van der Waals surface area contributed by atoms with Crippen LogP contribution < -0.4 is 9.46 Å². The van der Waals surface area contributed by atoms with E-state index in [2.05, 4.69) is 9.71 Å². The van der Waals surface area contributed by atoms with Crippen LogP contribution in [-0.2, 0) is 10.0 Å². The maximum absolute atomic E-state index is 12.5. The molecule has 0 atom stereocenters. The molecule has 1 N–H and O–H groups in total. The average molecular weight is 348 g/mol. The van der Waals surface area contributed by atoms with Crippen molar-refractivity contribution in [3.8, 4) is 5.75 Å². The largest absolute Gasteiger partial charge is 0.497 e. The van der Waals surface area contributed by atoms with E-state index in [9.17, 15) is 8.42 Å². The number of fused-ring (bicyclic) bond motifs is 1. The molecule has 1 heterocycles. The lowest BCUT2D eigenvalue weighted by atomic mass is 10.1. The number of sulfonamides is 1. The molecule has 0 fully saturated rings. The molecule has 0 aliphatic rings. The van der Waals surface area contributed by atoms with Crippen LogP contribution >= 0.6 is 11.3 Å². The van der Waals surface area contributed by atoms with Gasteiger partial charge in [0.2, 0.25) is 0 Å². The number of hydrogen-bond donors (Lipinski definition) is 1. The van der Waals surface area contributed by atoms with Crippen LogP contribution in [0, 0.1) is 13.8 Å². The van der Waals surface area contributed by atoms with Crippen molar-refractivity contribution in [3.05, 3.63) is 47.5 Å². The molecule has 2 aromatic carbocycles. The third kappa shape index (κ3) is 3.02. The molecule has 0 saturated heterocycles. The molecule has 3 rings (SSSR count). The number of methoxy groups -OCH3 is 1. The summed E-state index contributed by atoms with van der Waals surface area (Å²) in [6.07, 6.45) is 0. The molecule has 7 heteroatoms. The van der Waals surface area contributed by atoms with Crippen molar-refractivity contribution in [3.63, 3.8) is 0 Å². The first-order valence-corrected chi connectivity index (χ1v) is 9.24. The predicted molar refractivity (Wildman–Crippen MR) is 92.9 cm³/mol. The number of nitrogens with one attached hydrogen (secondary N) is 1. The van der Waals surface area contributed by atoms with Crippen molar-refractivity contribution in [2.45, 2.75) is 18.7 Å². The lowest BCUT2D eigenvalue weighted by Gasteiger charge is -2.05. The minimum absolute atomic E-state index is 0.172. The standard InChI is InChI=1S/C16H16N2O3S2/c1-10-4-5-11(2)15-14(10)17-16(22-15)18-23(19,20)13-8-6-12(21-3)7-9-13/h4-9H,1-3H3,(H,17,18). The van der Waals surface area contributed by atoms with E-state index < -0.39 is 10.0 Å². The number of thiazole rings is 1. The van der Waals surface area contributed by atoms with Gasteiger partial charge in [-0.15, -0.1) is 0 Å². The second-order valence-corrected chi connectivity index (χ2v) is 7.86. The Hall–Kier alpha value is -2.12. The maximum Gasteiger partial charge on any atom is 0.263 e. The van der Waals surface area contributed by atoms with E-state index >= 15 is 0 Å². The zero-order valence-electron chi connectivity index (χ0n) is 13.0. The molecule has 0 aliphatic carbocycles. The first kappa shape index (κ1) is 15.8. The van der Waals surface area contributed by atoms with Crippen molar-refractivity contribution in [2.24, 2.45) is 0 Å². The molecular weight excluding hydrogens is 332 g/mol. The molecule has 0 radical (unpaired) electrons. The molecule has 23 heavy (non-hydrogen) atoms. The lowest BCUT2D eigenvalue weighted by Crippen LogP contribution is -2.12. The molecule has 3 aromatic rings. The summed E-state index contributed by atoms with van der Waals surface area (Å²) in [6, 6.07) is 10.2. The molecule has 0 aliphatic heterocycles. The Morgan fingerprint density at radius 1 is 1.04 bits per heavy atom. The smallest absolute Gasteiger partial charge is 0.263 e. The molecule has 120 valence electrons. The lowest BCUT2D eigenvalue weighted by molar-refractivity contribution is 0.414. The van der Waals surface area contributed by atoms with Gasteiger partial charge < -0.3 is 4.74 Å². The number of ether oxygens (including phenoxy) is 1. The summed E-state index contributed by atoms with van der Waals surface area (Å²) < 4.78 is 33.5. The minimum Gasteiger partial charge on any atom is -0.497 e. The monoisotopic (exact) mass is 348 g/mol. The second-order valence-electron chi connectivity index (χ2n) is 5.18. The van der Waals surface area contributed by atoms with Crippen LogP contribution in [0.2, 0.25) is 0 Å². The Morgan fingerprint density at radius 2 is 1.70 bits per heavy atom. The average Bonchev–Trinajstić information content (AvgIpc) is 2.95. The number of anilines is 1. The highest BCUT2D eigenvalue weighted by atomic mass is 32.2. The quantitative estimate of drug-likeness (QED) is 0.780. The van der Waals surface area contributed by atoms with Crippen molar-refractivity contribution in [1.82, 2.24) is 4.98 Å². The fourth-order valence-corrected chi connectivity index (χ4v) is 4.48. The number of benzene rings is 2. The van der Waals surface area contributed by atoms with Gasteiger partial charge in [-0.05, 0) is 49.2 Å². The van der Waals surface area contributed by atoms with Gasteiger partial charge in [0, 0.05) is 0 Å². The topological polar surface area (TPSA) is 68.3 Å². The third-order valence-corrected chi connectivity index (χ3v) is 6.12. The van der Waals surface area contributed by atoms with Gasteiger partial charge in [-0.2, -0.15) is 0 Å². The first-order valence-electron chi connectivity index (χ1n) is 6.94. The summed E-state index contributed by atoms with van der Waals surface area (Å²) in [6.45, 7) is 3.95. The van der Waals surface area contributed by atoms with E-state index in [-0.39, 0.29) is 4.90 Å². The van der Waals surface area contributed by atoms with Crippen molar-refractivity contribution in [1.29, 1.82) is 0 Å². The van der Waals surface area contributed by atoms with Gasteiger partial charge in [-0.3, -0.25) is 4.72 Å². The highest BCUT2D eigenvalue weighted by Gasteiger charge is 2.17. The van der Waals surface area contributed by atoms with Crippen molar-refractivity contribution < 1.29 is 13.2 Å². The number of aryl methyl sites for hydroxylation is 2. The number of rotatable bonds is 4. The van der Waals surface area contributed by atoms with Gasteiger partial charge in [0.15, 0.2) is 5.13 Å². The second kappa shape index (κ2) is 5.82. The van der Waals surface area contributed by atoms with E-state index in [0.29, 0.717) is 10.9 Å². The van der Waals surface area contributed by atoms with Gasteiger partial charge in [-0.1, -0.05) is 23.5 Å².